The molecule has 0 saturated heterocycles. The van der Waals surface area contributed by atoms with E-state index in [1.807, 2.05) is 42.5 Å². The Morgan fingerprint density at radius 1 is 1.00 bits per heavy atom. The molecule has 0 atom stereocenters. The van der Waals surface area contributed by atoms with Gasteiger partial charge in [0.15, 0.2) is 0 Å². The van der Waals surface area contributed by atoms with E-state index in [-0.39, 0.29) is 19.0 Å². The monoisotopic (exact) mass is 323 g/mol. The molecule has 0 unspecified atom stereocenters. The number of aliphatic hydroxyl groups is 1. The molecule has 2 aromatic carbocycles. The first-order valence-electron chi connectivity index (χ1n) is 6.98. The zero-order chi connectivity index (χ0) is 14.9. The maximum atomic E-state index is 8.70. The van der Waals surface area contributed by atoms with E-state index in [4.69, 9.17) is 14.6 Å². The third-order valence-corrected chi connectivity index (χ3v) is 3.12. The third kappa shape index (κ3) is 5.56. The van der Waals surface area contributed by atoms with Gasteiger partial charge in [0.25, 0.3) is 0 Å². The minimum Gasteiger partial charge on any atom is -0.496 e. The van der Waals surface area contributed by atoms with E-state index < -0.39 is 0 Å². The molecule has 0 bridgehead atoms. The Hall–Kier alpha value is -1.75. The molecule has 2 aromatic rings. The first kappa shape index (κ1) is 18.3. The summed E-state index contributed by atoms with van der Waals surface area (Å²) in [4.78, 5) is 0. The van der Waals surface area contributed by atoms with Crippen molar-refractivity contribution in [2.75, 3.05) is 20.3 Å². The highest BCUT2D eigenvalue weighted by Crippen LogP contribution is 2.17. The summed E-state index contributed by atoms with van der Waals surface area (Å²) in [5, 5.41) is 12.1. The molecule has 0 heterocycles. The molecule has 0 aliphatic heterocycles. The van der Waals surface area contributed by atoms with Gasteiger partial charge in [-0.3, -0.25) is 0 Å². The lowest BCUT2D eigenvalue weighted by molar-refractivity contribution is 0.201. The molecule has 120 valence electrons. The van der Waals surface area contributed by atoms with Crippen LogP contribution in [0.3, 0.4) is 0 Å². The van der Waals surface area contributed by atoms with Crippen LogP contribution in [0.1, 0.15) is 11.1 Å². The second-order valence-corrected chi connectivity index (χ2v) is 4.63. The molecule has 0 aliphatic carbocycles. The summed E-state index contributed by atoms with van der Waals surface area (Å²) in [6.07, 6.45) is 0. The quantitative estimate of drug-likeness (QED) is 0.784. The smallest absolute Gasteiger partial charge is 0.123 e. The van der Waals surface area contributed by atoms with Gasteiger partial charge in [-0.25, -0.2) is 0 Å². The number of methoxy groups -OCH3 is 1. The number of hydrogen-bond donors (Lipinski definition) is 2. The molecular formula is C17H22ClNO3. The summed E-state index contributed by atoms with van der Waals surface area (Å²) in [5.74, 6) is 1.68. The first-order chi connectivity index (χ1) is 10.3. The third-order valence-electron chi connectivity index (χ3n) is 3.12. The number of hydrogen-bond acceptors (Lipinski definition) is 4. The maximum Gasteiger partial charge on any atom is 0.123 e. The lowest BCUT2D eigenvalue weighted by Gasteiger charge is -2.10. The van der Waals surface area contributed by atoms with Crippen LogP contribution >= 0.6 is 12.4 Å². The average molecular weight is 324 g/mol. The molecular weight excluding hydrogens is 302 g/mol. The normalized spacial score (nSPS) is 9.91. The Balaban J connectivity index is 0.00000242. The molecule has 0 amide bonds. The van der Waals surface area contributed by atoms with Crippen molar-refractivity contribution in [2.45, 2.75) is 13.1 Å². The lowest BCUT2D eigenvalue weighted by atomic mass is 10.2. The van der Waals surface area contributed by atoms with Gasteiger partial charge < -0.3 is 19.9 Å². The van der Waals surface area contributed by atoms with Crippen molar-refractivity contribution < 1.29 is 14.6 Å². The molecule has 5 heteroatoms. The molecule has 0 spiro atoms. The van der Waals surface area contributed by atoms with Crippen molar-refractivity contribution >= 4 is 12.4 Å². The van der Waals surface area contributed by atoms with Gasteiger partial charge in [0.2, 0.25) is 0 Å². The molecule has 22 heavy (non-hydrogen) atoms. The van der Waals surface area contributed by atoms with Crippen LogP contribution in [0.15, 0.2) is 48.5 Å². The highest BCUT2D eigenvalue weighted by molar-refractivity contribution is 5.85. The van der Waals surface area contributed by atoms with E-state index in [0.717, 1.165) is 30.2 Å². The highest BCUT2D eigenvalue weighted by atomic mass is 35.5. The predicted molar refractivity (Wildman–Crippen MR) is 89.8 cm³/mol. The number of ether oxygens (including phenoxy) is 2. The molecule has 0 aliphatic rings. The SMILES string of the molecule is COc1ccccc1CNCc1ccc(OCCO)cc1.Cl. The number of aliphatic hydroxyl groups excluding tert-OH is 1. The summed E-state index contributed by atoms with van der Waals surface area (Å²) in [7, 11) is 1.68. The minimum absolute atomic E-state index is 0. The van der Waals surface area contributed by atoms with Crippen LogP contribution in [0, 0.1) is 0 Å². The number of nitrogens with one attached hydrogen (secondary N) is 1. The summed E-state index contributed by atoms with van der Waals surface area (Å²) in [6.45, 7) is 1.89. The van der Waals surface area contributed by atoms with Crippen molar-refractivity contribution in [1.82, 2.24) is 5.32 Å². The number of halogens is 1. The van der Waals surface area contributed by atoms with Gasteiger partial charge in [0.05, 0.1) is 13.7 Å². The van der Waals surface area contributed by atoms with Gasteiger partial charge in [-0.2, -0.15) is 0 Å². The molecule has 0 saturated carbocycles. The zero-order valence-corrected chi connectivity index (χ0v) is 13.4. The maximum absolute atomic E-state index is 8.70. The van der Waals surface area contributed by atoms with Gasteiger partial charge in [-0.05, 0) is 23.8 Å². The van der Waals surface area contributed by atoms with E-state index >= 15 is 0 Å². The van der Waals surface area contributed by atoms with Gasteiger partial charge in [-0.15, -0.1) is 12.4 Å². The Morgan fingerprint density at radius 2 is 1.73 bits per heavy atom. The van der Waals surface area contributed by atoms with Crippen molar-refractivity contribution in [3.05, 3.63) is 59.7 Å². The Kier molecular flexibility index (Phi) is 8.36. The summed E-state index contributed by atoms with van der Waals surface area (Å²) in [5.41, 5.74) is 2.32. The van der Waals surface area contributed by atoms with Crippen LogP contribution in [-0.2, 0) is 13.1 Å². The van der Waals surface area contributed by atoms with Crippen LogP contribution in [0.5, 0.6) is 11.5 Å². The van der Waals surface area contributed by atoms with Crippen molar-refractivity contribution in [3.63, 3.8) is 0 Å². The van der Waals surface area contributed by atoms with Gasteiger partial charge >= 0.3 is 0 Å². The second kappa shape index (κ2) is 10.1. The second-order valence-electron chi connectivity index (χ2n) is 4.63. The van der Waals surface area contributed by atoms with Crippen molar-refractivity contribution in [3.8, 4) is 11.5 Å². The van der Waals surface area contributed by atoms with E-state index in [1.165, 1.54) is 5.56 Å². The molecule has 0 aromatic heterocycles. The molecule has 0 radical (unpaired) electrons. The predicted octanol–water partition coefficient (Wildman–Crippen LogP) is 2.78. The van der Waals surface area contributed by atoms with Crippen molar-refractivity contribution in [1.29, 1.82) is 0 Å². The van der Waals surface area contributed by atoms with E-state index in [2.05, 4.69) is 11.4 Å². The first-order valence-corrected chi connectivity index (χ1v) is 6.98. The van der Waals surface area contributed by atoms with E-state index in [0.29, 0.717) is 6.61 Å². The molecule has 0 fully saturated rings. The number of para-hydroxylation sites is 1. The summed E-state index contributed by atoms with van der Waals surface area (Å²) in [6, 6.07) is 15.8. The Morgan fingerprint density at radius 3 is 2.41 bits per heavy atom. The topological polar surface area (TPSA) is 50.7 Å². The summed E-state index contributed by atoms with van der Waals surface area (Å²) >= 11 is 0. The van der Waals surface area contributed by atoms with Gasteiger partial charge in [0, 0.05) is 18.7 Å². The highest BCUT2D eigenvalue weighted by Gasteiger charge is 2.01. The fourth-order valence-corrected chi connectivity index (χ4v) is 2.06. The van der Waals surface area contributed by atoms with Crippen LogP contribution in [0.2, 0.25) is 0 Å². The van der Waals surface area contributed by atoms with Gasteiger partial charge in [0.1, 0.15) is 18.1 Å². The van der Waals surface area contributed by atoms with E-state index in [1.54, 1.807) is 7.11 Å². The van der Waals surface area contributed by atoms with Crippen LogP contribution in [0.25, 0.3) is 0 Å². The fourth-order valence-electron chi connectivity index (χ4n) is 2.06. The molecule has 2 rings (SSSR count). The number of rotatable bonds is 8. The minimum atomic E-state index is 0. The van der Waals surface area contributed by atoms with Crippen molar-refractivity contribution in [2.24, 2.45) is 0 Å². The largest absolute Gasteiger partial charge is 0.496 e. The Bertz CT molecular complexity index is 546. The van der Waals surface area contributed by atoms with Crippen LogP contribution in [0.4, 0.5) is 0 Å². The Labute approximate surface area is 137 Å². The van der Waals surface area contributed by atoms with E-state index in [9.17, 15) is 0 Å². The van der Waals surface area contributed by atoms with Crippen LogP contribution in [-0.4, -0.2) is 25.4 Å². The average Bonchev–Trinajstić information content (AvgIpc) is 2.54. The number of benzene rings is 2. The zero-order valence-electron chi connectivity index (χ0n) is 12.6. The summed E-state index contributed by atoms with van der Waals surface area (Å²) < 4.78 is 10.7. The van der Waals surface area contributed by atoms with Crippen LogP contribution < -0.4 is 14.8 Å². The molecule has 2 N–H and O–H groups in total. The lowest BCUT2D eigenvalue weighted by Crippen LogP contribution is -2.13. The standard InChI is InChI=1S/C17H21NO3.ClH/c1-20-17-5-3-2-4-15(17)13-18-12-14-6-8-16(9-7-14)21-11-10-19;/h2-9,18-19H,10-13H2,1H3;1H. The fraction of sp³-hybridized carbons (Fsp3) is 0.294. The molecule has 4 nitrogen and oxygen atoms in total. The van der Waals surface area contributed by atoms with Gasteiger partial charge in [-0.1, -0.05) is 30.3 Å².